The number of nitrogens with zero attached hydrogens (tertiary/aromatic N) is 3. The van der Waals surface area contributed by atoms with Gasteiger partial charge >= 0.3 is 6.18 Å². The molecule has 6 nitrogen and oxygen atoms in total. The first-order valence-electron chi connectivity index (χ1n) is 10.0. The van der Waals surface area contributed by atoms with Gasteiger partial charge in [-0.05, 0) is 43.7 Å². The average Bonchev–Trinajstić information content (AvgIpc) is 3.19. The Morgan fingerprint density at radius 3 is 2.58 bits per heavy atom. The molecular weight excluding hydrogens is 440 g/mol. The summed E-state index contributed by atoms with van der Waals surface area (Å²) in [7, 11) is 1.55. The number of imidazole rings is 1. The maximum Gasteiger partial charge on any atom is 0.417 e. The molecule has 3 heterocycles. The Labute approximate surface area is 187 Å². The van der Waals surface area contributed by atoms with Crippen LogP contribution in [0, 0.1) is 12.9 Å². The molecule has 0 bridgehead atoms. The third-order valence-corrected chi connectivity index (χ3v) is 5.21. The van der Waals surface area contributed by atoms with E-state index in [4.69, 9.17) is 9.47 Å². The number of pyridine rings is 2. The summed E-state index contributed by atoms with van der Waals surface area (Å²) in [5.41, 5.74) is 1.85. The third kappa shape index (κ3) is 5.05. The van der Waals surface area contributed by atoms with Crippen molar-refractivity contribution in [2.45, 2.75) is 32.0 Å². The quantitative estimate of drug-likeness (QED) is 0.391. The molecule has 0 spiro atoms. The van der Waals surface area contributed by atoms with Crippen molar-refractivity contribution < 1.29 is 27.0 Å². The maximum absolute atomic E-state index is 13.1. The van der Waals surface area contributed by atoms with Crippen LogP contribution in [-0.4, -0.2) is 27.0 Å². The molecule has 1 N–H and O–H groups in total. The smallest absolute Gasteiger partial charge is 0.417 e. The van der Waals surface area contributed by atoms with E-state index in [-0.39, 0.29) is 12.5 Å². The lowest BCUT2D eigenvalue weighted by atomic mass is 9.93. The highest BCUT2D eigenvalue weighted by Gasteiger charge is 2.30. The summed E-state index contributed by atoms with van der Waals surface area (Å²) in [5.74, 6) is 1.00. The van der Waals surface area contributed by atoms with E-state index in [1.165, 1.54) is 18.3 Å². The molecule has 0 amide bonds. The SMILES string of the molecule is COC1=CC(OCc2ccc(C(F)(F)F)cn2)=CCC1c1nc(-c2ccc(F)nc2)[nH]c1C. The predicted octanol–water partition coefficient (Wildman–Crippen LogP) is 5.45. The molecule has 4 rings (SSSR count). The van der Waals surface area contributed by atoms with E-state index in [1.54, 1.807) is 19.3 Å². The Morgan fingerprint density at radius 2 is 1.94 bits per heavy atom. The van der Waals surface area contributed by atoms with Crippen molar-refractivity contribution in [1.82, 2.24) is 19.9 Å². The number of hydrogen-bond acceptors (Lipinski definition) is 5. The molecule has 0 aliphatic heterocycles. The highest BCUT2D eigenvalue weighted by molar-refractivity contribution is 5.55. The molecule has 33 heavy (non-hydrogen) atoms. The fourth-order valence-corrected chi connectivity index (χ4v) is 3.50. The first-order valence-corrected chi connectivity index (χ1v) is 10.0. The van der Waals surface area contributed by atoms with Gasteiger partial charge in [-0.2, -0.15) is 17.6 Å². The highest BCUT2D eigenvalue weighted by atomic mass is 19.4. The number of aromatic amines is 1. The van der Waals surface area contributed by atoms with Crippen molar-refractivity contribution in [3.63, 3.8) is 0 Å². The highest BCUT2D eigenvalue weighted by Crippen LogP contribution is 2.36. The minimum Gasteiger partial charge on any atom is -0.500 e. The minimum atomic E-state index is -4.43. The Morgan fingerprint density at radius 1 is 1.12 bits per heavy atom. The zero-order chi connectivity index (χ0) is 23.6. The van der Waals surface area contributed by atoms with Crippen molar-refractivity contribution in [3.8, 4) is 11.4 Å². The van der Waals surface area contributed by atoms with E-state index in [9.17, 15) is 17.6 Å². The fraction of sp³-hybridized carbons (Fsp3) is 0.261. The Balaban J connectivity index is 1.46. The molecule has 0 fully saturated rings. The largest absolute Gasteiger partial charge is 0.500 e. The molecule has 1 atom stereocenters. The summed E-state index contributed by atoms with van der Waals surface area (Å²) in [6.45, 7) is 1.91. The standard InChI is InChI=1S/C23H20F4N4O2/c1-13-21(31-22(30-13)14-3-8-20(24)29-10-14)18-7-6-17(9-19(18)32-2)33-12-16-5-4-15(11-28-16)23(25,26)27/h3-6,8-11,18H,7,12H2,1-2H3,(H,30,31). The summed E-state index contributed by atoms with van der Waals surface area (Å²) < 4.78 is 62.4. The Bertz CT molecular complexity index is 1180. The van der Waals surface area contributed by atoms with Crippen LogP contribution in [0.2, 0.25) is 0 Å². The van der Waals surface area contributed by atoms with Gasteiger partial charge in [0.1, 0.15) is 23.9 Å². The molecule has 10 heteroatoms. The number of rotatable bonds is 6. The van der Waals surface area contributed by atoms with Gasteiger partial charge in [-0.15, -0.1) is 0 Å². The zero-order valence-electron chi connectivity index (χ0n) is 17.8. The number of aryl methyl sites for hydroxylation is 1. The third-order valence-electron chi connectivity index (χ3n) is 5.21. The number of halogens is 4. The number of alkyl halides is 3. The molecule has 0 radical (unpaired) electrons. The van der Waals surface area contributed by atoms with Crippen molar-refractivity contribution in [2.75, 3.05) is 7.11 Å². The second kappa shape index (κ2) is 9.05. The summed E-state index contributed by atoms with van der Waals surface area (Å²) in [4.78, 5) is 15.3. The number of H-pyrrole nitrogens is 1. The Hall–Kier alpha value is -3.69. The average molecular weight is 460 g/mol. The Kier molecular flexibility index (Phi) is 6.17. The van der Waals surface area contributed by atoms with Crippen molar-refractivity contribution in [1.29, 1.82) is 0 Å². The molecule has 1 aliphatic rings. The molecule has 0 saturated heterocycles. The molecule has 172 valence electrons. The predicted molar refractivity (Wildman–Crippen MR) is 111 cm³/mol. The second-order valence-corrected chi connectivity index (χ2v) is 7.44. The van der Waals surface area contributed by atoms with E-state index in [1.807, 2.05) is 13.0 Å². The van der Waals surface area contributed by atoms with Crippen LogP contribution in [0.1, 0.15) is 35.0 Å². The van der Waals surface area contributed by atoms with E-state index in [0.29, 0.717) is 35.0 Å². The van der Waals surface area contributed by atoms with Gasteiger partial charge in [0, 0.05) is 29.7 Å². The molecule has 3 aromatic heterocycles. The van der Waals surface area contributed by atoms with E-state index < -0.39 is 17.7 Å². The van der Waals surface area contributed by atoms with Crippen molar-refractivity contribution >= 4 is 0 Å². The van der Waals surface area contributed by atoms with E-state index >= 15 is 0 Å². The number of allylic oxidation sites excluding steroid dienone is 3. The van der Waals surface area contributed by atoms with Gasteiger partial charge in [0.05, 0.1) is 30.0 Å². The van der Waals surface area contributed by atoms with Crippen LogP contribution in [0.5, 0.6) is 0 Å². The first kappa shape index (κ1) is 22.5. The summed E-state index contributed by atoms with van der Waals surface area (Å²) >= 11 is 0. The second-order valence-electron chi connectivity index (χ2n) is 7.44. The van der Waals surface area contributed by atoms with Gasteiger partial charge in [0.15, 0.2) is 0 Å². The number of ether oxygens (including phenoxy) is 2. The summed E-state index contributed by atoms with van der Waals surface area (Å²) in [5, 5.41) is 0. The molecule has 1 unspecified atom stereocenters. The summed E-state index contributed by atoms with van der Waals surface area (Å²) in [6, 6.07) is 5.13. The molecule has 0 aromatic carbocycles. The minimum absolute atomic E-state index is 0.0191. The first-order chi connectivity index (χ1) is 15.7. The van der Waals surface area contributed by atoms with Crippen LogP contribution in [0.4, 0.5) is 17.6 Å². The topological polar surface area (TPSA) is 72.9 Å². The van der Waals surface area contributed by atoms with Crippen LogP contribution < -0.4 is 0 Å². The lowest BCUT2D eigenvalue weighted by Crippen LogP contribution is -2.11. The van der Waals surface area contributed by atoms with Crippen molar-refractivity contribution in [3.05, 3.63) is 88.9 Å². The van der Waals surface area contributed by atoms with Crippen LogP contribution >= 0.6 is 0 Å². The molecule has 3 aromatic rings. The molecule has 0 saturated carbocycles. The van der Waals surface area contributed by atoms with Gasteiger partial charge in [-0.3, -0.25) is 4.98 Å². The van der Waals surface area contributed by atoms with Crippen LogP contribution in [0.25, 0.3) is 11.4 Å². The number of aromatic nitrogens is 4. The summed E-state index contributed by atoms with van der Waals surface area (Å²) in [6.07, 6.45) is 1.90. The van der Waals surface area contributed by atoms with Gasteiger partial charge in [-0.1, -0.05) is 0 Å². The molecule has 1 aliphatic carbocycles. The van der Waals surface area contributed by atoms with E-state index in [2.05, 4.69) is 19.9 Å². The lowest BCUT2D eigenvalue weighted by Gasteiger charge is -2.22. The van der Waals surface area contributed by atoms with Crippen LogP contribution in [-0.2, 0) is 22.3 Å². The van der Waals surface area contributed by atoms with E-state index in [0.717, 1.165) is 23.7 Å². The number of nitrogens with one attached hydrogen (secondary N) is 1. The van der Waals surface area contributed by atoms with Gasteiger partial charge in [-0.25, -0.2) is 9.97 Å². The lowest BCUT2D eigenvalue weighted by molar-refractivity contribution is -0.137. The van der Waals surface area contributed by atoms with Gasteiger partial charge in [0.25, 0.3) is 0 Å². The normalized spacial score (nSPS) is 16.2. The van der Waals surface area contributed by atoms with Crippen LogP contribution in [0.3, 0.4) is 0 Å². The van der Waals surface area contributed by atoms with Crippen molar-refractivity contribution in [2.24, 2.45) is 0 Å². The zero-order valence-corrected chi connectivity index (χ0v) is 17.8. The fourth-order valence-electron chi connectivity index (χ4n) is 3.50. The van der Waals surface area contributed by atoms with Gasteiger partial charge in [0.2, 0.25) is 5.95 Å². The molecular formula is C23H20F4N4O2. The number of hydrogen-bond donors (Lipinski definition) is 1. The maximum atomic E-state index is 13.1. The van der Waals surface area contributed by atoms with Gasteiger partial charge < -0.3 is 14.5 Å². The van der Waals surface area contributed by atoms with Crippen LogP contribution in [0.15, 0.2) is 60.3 Å². The monoisotopic (exact) mass is 460 g/mol. The number of methoxy groups -OCH3 is 1.